The number of aromatic nitrogens is 2. The molecule has 1 aromatic carbocycles. The van der Waals surface area contributed by atoms with Crippen molar-refractivity contribution in [1.29, 1.82) is 0 Å². The zero-order valence-corrected chi connectivity index (χ0v) is 13.7. The van der Waals surface area contributed by atoms with Crippen molar-refractivity contribution >= 4 is 32.6 Å². The van der Waals surface area contributed by atoms with Gasteiger partial charge < -0.3 is 9.80 Å². The van der Waals surface area contributed by atoms with Crippen LogP contribution in [0.5, 0.6) is 0 Å². The minimum atomic E-state index is -0.247. The molecule has 1 fully saturated rings. The number of pyridine rings is 1. The fourth-order valence-corrected chi connectivity index (χ4v) is 3.82. The summed E-state index contributed by atoms with van der Waals surface area (Å²) in [6, 6.07) is 9.98. The number of hydrogen-bond donors (Lipinski definition) is 0. The molecule has 0 atom stereocenters. The topological polar surface area (TPSA) is 49.3 Å². The highest BCUT2D eigenvalue weighted by molar-refractivity contribution is 7.22. The Balaban J connectivity index is 1.46. The molecular weight excluding hydrogens is 327 g/mol. The van der Waals surface area contributed by atoms with Gasteiger partial charge in [0.05, 0.1) is 10.2 Å². The molecule has 0 unspecified atom stereocenters. The molecule has 122 valence electrons. The molecule has 2 aromatic heterocycles. The number of fused-ring (bicyclic) bond motifs is 1. The Morgan fingerprint density at radius 2 is 1.96 bits per heavy atom. The smallest absolute Gasteiger partial charge is 0.272 e. The number of carbonyl (C=O) groups excluding carboxylic acids is 1. The van der Waals surface area contributed by atoms with Gasteiger partial charge in [-0.15, -0.1) is 0 Å². The molecule has 0 radical (unpaired) electrons. The summed E-state index contributed by atoms with van der Waals surface area (Å²) >= 11 is 1.48. The second kappa shape index (κ2) is 6.16. The number of thiazole rings is 1. The maximum Gasteiger partial charge on any atom is 0.272 e. The van der Waals surface area contributed by atoms with Crippen molar-refractivity contribution in [2.45, 2.75) is 0 Å². The maximum atomic E-state index is 13.3. The van der Waals surface area contributed by atoms with E-state index in [9.17, 15) is 9.18 Å². The first-order valence-electron chi connectivity index (χ1n) is 7.72. The first-order valence-corrected chi connectivity index (χ1v) is 8.54. The van der Waals surface area contributed by atoms with E-state index >= 15 is 0 Å². The molecule has 1 aliphatic heterocycles. The van der Waals surface area contributed by atoms with Crippen LogP contribution in [-0.4, -0.2) is 47.0 Å². The molecule has 7 heteroatoms. The molecule has 3 aromatic rings. The van der Waals surface area contributed by atoms with Crippen molar-refractivity contribution in [2.24, 2.45) is 0 Å². The van der Waals surface area contributed by atoms with Crippen LogP contribution < -0.4 is 4.90 Å². The molecule has 3 heterocycles. The molecular formula is C17H15FN4OS. The molecule has 1 aliphatic rings. The van der Waals surface area contributed by atoms with Gasteiger partial charge in [0.15, 0.2) is 5.13 Å². The third-order valence-electron chi connectivity index (χ3n) is 4.06. The van der Waals surface area contributed by atoms with E-state index in [4.69, 9.17) is 0 Å². The summed E-state index contributed by atoms with van der Waals surface area (Å²) in [7, 11) is 0. The SMILES string of the molecule is O=C(c1ccccn1)N1CCN(c2nc3ccc(F)cc3s2)CC1. The van der Waals surface area contributed by atoms with Crippen LogP contribution in [0.1, 0.15) is 10.5 Å². The zero-order chi connectivity index (χ0) is 16.5. The fraction of sp³-hybridized carbons (Fsp3) is 0.235. The van der Waals surface area contributed by atoms with Crippen LogP contribution in [0.25, 0.3) is 10.2 Å². The molecule has 1 saturated heterocycles. The summed E-state index contributed by atoms with van der Waals surface area (Å²) in [5.74, 6) is -0.287. The number of rotatable bonds is 2. The first kappa shape index (κ1) is 15.0. The summed E-state index contributed by atoms with van der Waals surface area (Å²) in [5, 5.41) is 0.875. The molecule has 0 bridgehead atoms. The van der Waals surface area contributed by atoms with Crippen LogP contribution in [-0.2, 0) is 0 Å². The van der Waals surface area contributed by atoms with Gasteiger partial charge in [-0.1, -0.05) is 17.4 Å². The van der Waals surface area contributed by atoms with Crippen LogP contribution in [0.15, 0.2) is 42.6 Å². The Morgan fingerprint density at radius 1 is 1.12 bits per heavy atom. The number of nitrogens with zero attached hydrogens (tertiary/aromatic N) is 4. The fourth-order valence-electron chi connectivity index (χ4n) is 2.77. The van der Waals surface area contributed by atoms with E-state index in [0.29, 0.717) is 31.9 Å². The lowest BCUT2D eigenvalue weighted by molar-refractivity contribution is 0.0741. The van der Waals surface area contributed by atoms with Crippen LogP contribution in [0.4, 0.5) is 9.52 Å². The minimum Gasteiger partial charge on any atom is -0.345 e. The highest BCUT2D eigenvalue weighted by Gasteiger charge is 2.24. The predicted octanol–water partition coefficient (Wildman–Crippen LogP) is 2.79. The second-order valence-electron chi connectivity index (χ2n) is 5.60. The minimum absolute atomic E-state index is 0.0402. The van der Waals surface area contributed by atoms with E-state index in [1.807, 2.05) is 11.0 Å². The zero-order valence-electron chi connectivity index (χ0n) is 12.9. The molecule has 0 spiro atoms. The summed E-state index contributed by atoms with van der Waals surface area (Å²) in [6.45, 7) is 2.67. The van der Waals surface area contributed by atoms with E-state index in [0.717, 1.165) is 15.3 Å². The lowest BCUT2D eigenvalue weighted by Gasteiger charge is -2.34. The number of halogens is 1. The third-order valence-corrected chi connectivity index (χ3v) is 5.14. The van der Waals surface area contributed by atoms with Crippen LogP contribution in [0.3, 0.4) is 0 Å². The van der Waals surface area contributed by atoms with Crippen molar-refractivity contribution in [2.75, 3.05) is 31.1 Å². The van der Waals surface area contributed by atoms with Crippen LogP contribution >= 0.6 is 11.3 Å². The van der Waals surface area contributed by atoms with E-state index < -0.39 is 0 Å². The molecule has 0 saturated carbocycles. The van der Waals surface area contributed by atoms with E-state index in [1.54, 1.807) is 24.4 Å². The molecule has 4 rings (SSSR count). The van der Waals surface area contributed by atoms with Gasteiger partial charge in [0.25, 0.3) is 5.91 Å². The van der Waals surface area contributed by atoms with Gasteiger partial charge in [0.1, 0.15) is 11.5 Å². The normalized spacial score (nSPS) is 15.0. The Hall–Kier alpha value is -2.54. The summed E-state index contributed by atoms with van der Waals surface area (Å²) in [5.41, 5.74) is 1.28. The van der Waals surface area contributed by atoms with Gasteiger partial charge in [0, 0.05) is 32.4 Å². The first-order chi connectivity index (χ1) is 11.7. The monoisotopic (exact) mass is 342 g/mol. The van der Waals surface area contributed by atoms with E-state index in [2.05, 4.69) is 14.9 Å². The summed E-state index contributed by atoms with van der Waals surface area (Å²) in [4.78, 5) is 25.1. The molecule has 0 N–H and O–H groups in total. The second-order valence-corrected chi connectivity index (χ2v) is 6.61. The molecule has 24 heavy (non-hydrogen) atoms. The Labute approximate surface area is 142 Å². The lowest BCUT2D eigenvalue weighted by atomic mass is 10.2. The van der Waals surface area contributed by atoms with Crippen molar-refractivity contribution in [1.82, 2.24) is 14.9 Å². The van der Waals surface area contributed by atoms with Gasteiger partial charge in [-0.3, -0.25) is 9.78 Å². The Bertz CT molecular complexity index is 875. The highest BCUT2D eigenvalue weighted by Crippen LogP contribution is 2.29. The van der Waals surface area contributed by atoms with Crippen LogP contribution in [0.2, 0.25) is 0 Å². The standard InChI is InChI=1S/C17H15FN4OS/c18-12-4-5-13-15(11-12)24-17(20-13)22-9-7-21(8-10-22)16(23)14-3-1-2-6-19-14/h1-6,11H,7-10H2. The number of amides is 1. The lowest BCUT2D eigenvalue weighted by Crippen LogP contribution is -2.49. The average molecular weight is 342 g/mol. The number of benzene rings is 1. The van der Waals surface area contributed by atoms with Gasteiger partial charge in [-0.2, -0.15) is 0 Å². The maximum absolute atomic E-state index is 13.3. The average Bonchev–Trinajstić information content (AvgIpc) is 3.05. The predicted molar refractivity (Wildman–Crippen MR) is 91.9 cm³/mol. The van der Waals surface area contributed by atoms with Crippen molar-refractivity contribution in [3.05, 3.63) is 54.1 Å². The summed E-state index contributed by atoms with van der Waals surface area (Å²) in [6.07, 6.45) is 1.63. The van der Waals surface area contributed by atoms with Crippen molar-refractivity contribution in [3.8, 4) is 0 Å². The number of hydrogen-bond acceptors (Lipinski definition) is 5. The Morgan fingerprint density at radius 3 is 2.71 bits per heavy atom. The Kier molecular flexibility index (Phi) is 3.86. The van der Waals surface area contributed by atoms with Crippen LogP contribution in [0, 0.1) is 5.82 Å². The van der Waals surface area contributed by atoms with E-state index in [1.165, 1.54) is 23.5 Å². The largest absolute Gasteiger partial charge is 0.345 e. The van der Waals surface area contributed by atoms with E-state index in [-0.39, 0.29) is 11.7 Å². The van der Waals surface area contributed by atoms with Crippen molar-refractivity contribution < 1.29 is 9.18 Å². The quantitative estimate of drug-likeness (QED) is 0.719. The molecule has 0 aliphatic carbocycles. The van der Waals surface area contributed by atoms with Crippen molar-refractivity contribution in [3.63, 3.8) is 0 Å². The summed E-state index contributed by atoms with van der Waals surface area (Å²) < 4.78 is 14.1. The third kappa shape index (κ3) is 2.82. The van der Waals surface area contributed by atoms with Gasteiger partial charge in [0.2, 0.25) is 0 Å². The van der Waals surface area contributed by atoms with Gasteiger partial charge >= 0.3 is 0 Å². The molecule has 5 nitrogen and oxygen atoms in total. The number of piperazine rings is 1. The van der Waals surface area contributed by atoms with Gasteiger partial charge in [-0.05, 0) is 30.3 Å². The molecule has 1 amide bonds. The number of carbonyl (C=O) groups is 1. The highest BCUT2D eigenvalue weighted by atomic mass is 32.1. The van der Waals surface area contributed by atoms with Gasteiger partial charge in [-0.25, -0.2) is 9.37 Å². The number of anilines is 1.